The smallest absolute Gasteiger partial charge is 0.315 e. The Hall–Kier alpha value is -1.68. The zero-order valence-electron chi connectivity index (χ0n) is 14.9. The molecule has 3 atom stereocenters. The van der Waals surface area contributed by atoms with Crippen LogP contribution in [0.4, 0.5) is 4.79 Å². The normalized spacial score (nSPS) is 29.8. The van der Waals surface area contributed by atoms with E-state index in [1.165, 1.54) is 10.6 Å². The summed E-state index contributed by atoms with van der Waals surface area (Å²) in [5, 5.41) is 9.68. The van der Waals surface area contributed by atoms with E-state index in [-0.39, 0.29) is 24.0 Å². The molecule has 0 radical (unpaired) electrons. The standard InChI is InChI=1S/C15H25N5O4S/c1-9(2)16-14(21)18-12-5-11-7-20(25(4,22)23)8-15(11,6-12)13-17-10(3)19-24-13/h9,11-12H,5-8H2,1-4H3,(H2,16,18,21)/t11-,12+,15-/m0/s1. The number of urea groups is 1. The molecule has 140 valence electrons. The number of aryl methyl sites for hydroxylation is 1. The van der Waals surface area contributed by atoms with Crippen molar-refractivity contribution in [2.75, 3.05) is 19.3 Å². The zero-order chi connectivity index (χ0) is 18.4. The maximum absolute atomic E-state index is 12.0. The molecule has 0 bridgehead atoms. The minimum absolute atomic E-state index is 0.0337. The third kappa shape index (κ3) is 3.50. The second-order valence-electron chi connectivity index (χ2n) is 7.46. The summed E-state index contributed by atoms with van der Waals surface area (Å²) in [6.45, 7) is 6.25. The van der Waals surface area contributed by atoms with Crippen LogP contribution in [-0.4, -0.2) is 60.3 Å². The van der Waals surface area contributed by atoms with Crippen molar-refractivity contribution >= 4 is 16.1 Å². The van der Waals surface area contributed by atoms with Crippen LogP contribution in [0.25, 0.3) is 0 Å². The fraction of sp³-hybridized carbons (Fsp3) is 0.800. The van der Waals surface area contributed by atoms with Crippen LogP contribution >= 0.6 is 0 Å². The molecule has 0 aromatic carbocycles. The van der Waals surface area contributed by atoms with E-state index in [0.717, 1.165) is 0 Å². The summed E-state index contributed by atoms with van der Waals surface area (Å²) in [5.41, 5.74) is -0.542. The van der Waals surface area contributed by atoms with Gasteiger partial charge in [0, 0.05) is 25.2 Å². The second kappa shape index (κ2) is 6.24. The topological polar surface area (TPSA) is 117 Å². The first-order valence-corrected chi connectivity index (χ1v) is 10.3. The summed E-state index contributed by atoms with van der Waals surface area (Å²) in [5.74, 6) is 1.02. The summed E-state index contributed by atoms with van der Waals surface area (Å²) in [6.07, 6.45) is 2.47. The number of hydrogen-bond donors (Lipinski definition) is 2. The Morgan fingerprint density at radius 3 is 2.72 bits per heavy atom. The predicted molar refractivity (Wildman–Crippen MR) is 90.4 cm³/mol. The first-order chi connectivity index (χ1) is 11.6. The highest BCUT2D eigenvalue weighted by molar-refractivity contribution is 7.88. The molecule has 2 heterocycles. The SMILES string of the molecule is Cc1noc([C@]23C[C@H](NC(=O)NC(C)C)C[C@H]2CN(S(C)(=O)=O)C3)n1. The number of nitrogens with one attached hydrogen (secondary N) is 2. The van der Waals surface area contributed by atoms with E-state index in [2.05, 4.69) is 20.8 Å². The van der Waals surface area contributed by atoms with Crippen LogP contribution in [-0.2, 0) is 15.4 Å². The average Bonchev–Trinajstić information content (AvgIpc) is 3.08. The number of amides is 2. The summed E-state index contributed by atoms with van der Waals surface area (Å²) in [4.78, 5) is 16.4. The van der Waals surface area contributed by atoms with Crippen LogP contribution in [0, 0.1) is 12.8 Å². The van der Waals surface area contributed by atoms with Crippen LogP contribution in [0.5, 0.6) is 0 Å². The average molecular weight is 371 g/mol. The van der Waals surface area contributed by atoms with Gasteiger partial charge >= 0.3 is 6.03 Å². The number of carbonyl (C=O) groups excluding carboxylic acids is 1. The minimum Gasteiger partial charge on any atom is -0.339 e. The van der Waals surface area contributed by atoms with E-state index in [1.54, 1.807) is 6.92 Å². The van der Waals surface area contributed by atoms with E-state index >= 15 is 0 Å². The molecule has 3 rings (SSSR count). The number of fused-ring (bicyclic) bond motifs is 1. The van der Waals surface area contributed by atoms with Crippen molar-refractivity contribution in [2.24, 2.45) is 5.92 Å². The van der Waals surface area contributed by atoms with Crippen molar-refractivity contribution in [1.29, 1.82) is 0 Å². The highest BCUT2D eigenvalue weighted by Crippen LogP contribution is 2.50. The summed E-state index contributed by atoms with van der Waals surface area (Å²) in [7, 11) is -3.30. The molecule has 1 saturated carbocycles. The zero-order valence-corrected chi connectivity index (χ0v) is 15.8. The van der Waals surface area contributed by atoms with Gasteiger partial charge in [0.1, 0.15) is 0 Å². The molecule has 1 saturated heterocycles. The largest absolute Gasteiger partial charge is 0.339 e. The lowest BCUT2D eigenvalue weighted by Gasteiger charge is -2.25. The molecule has 2 amide bonds. The van der Waals surface area contributed by atoms with Gasteiger partial charge in [-0.2, -0.15) is 4.98 Å². The quantitative estimate of drug-likeness (QED) is 0.790. The van der Waals surface area contributed by atoms with Crippen LogP contribution < -0.4 is 10.6 Å². The molecule has 1 aliphatic carbocycles. The molecular formula is C15H25N5O4S. The number of rotatable bonds is 4. The third-order valence-electron chi connectivity index (χ3n) is 5.02. The Balaban J connectivity index is 1.83. The lowest BCUT2D eigenvalue weighted by molar-refractivity contribution is 0.231. The predicted octanol–water partition coefficient (Wildman–Crippen LogP) is 0.377. The van der Waals surface area contributed by atoms with E-state index in [4.69, 9.17) is 4.52 Å². The molecule has 1 aliphatic heterocycles. The molecule has 2 aliphatic rings. The number of nitrogens with zero attached hydrogens (tertiary/aromatic N) is 3. The second-order valence-corrected chi connectivity index (χ2v) is 9.45. The van der Waals surface area contributed by atoms with Gasteiger partial charge in [0.05, 0.1) is 11.7 Å². The number of hydrogen-bond acceptors (Lipinski definition) is 6. The number of sulfonamides is 1. The third-order valence-corrected chi connectivity index (χ3v) is 6.24. The summed E-state index contributed by atoms with van der Waals surface area (Å²) in [6, 6.07) is -0.219. The van der Waals surface area contributed by atoms with Crippen LogP contribution in [0.15, 0.2) is 4.52 Å². The number of carbonyl (C=O) groups is 1. The molecule has 25 heavy (non-hydrogen) atoms. The Morgan fingerprint density at radius 2 is 2.16 bits per heavy atom. The lowest BCUT2D eigenvalue weighted by Crippen LogP contribution is -2.45. The van der Waals surface area contributed by atoms with E-state index in [0.29, 0.717) is 37.6 Å². The van der Waals surface area contributed by atoms with Gasteiger partial charge in [-0.05, 0) is 39.5 Å². The van der Waals surface area contributed by atoms with E-state index in [9.17, 15) is 13.2 Å². The fourth-order valence-electron chi connectivity index (χ4n) is 4.01. The van der Waals surface area contributed by atoms with E-state index < -0.39 is 15.4 Å². The van der Waals surface area contributed by atoms with Gasteiger partial charge in [-0.1, -0.05) is 5.16 Å². The van der Waals surface area contributed by atoms with Crippen molar-refractivity contribution in [3.8, 4) is 0 Å². The first kappa shape index (κ1) is 18.1. The fourth-order valence-corrected chi connectivity index (χ4v) is 4.92. The van der Waals surface area contributed by atoms with Gasteiger partial charge in [-0.25, -0.2) is 17.5 Å². The van der Waals surface area contributed by atoms with Crippen molar-refractivity contribution in [3.05, 3.63) is 11.7 Å². The van der Waals surface area contributed by atoms with Gasteiger partial charge in [0.25, 0.3) is 0 Å². The maximum atomic E-state index is 12.0. The van der Waals surface area contributed by atoms with Crippen molar-refractivity contribution in [2.45, 2.75) is 51.1 Å². The van der Waals surface area contributed by atoms with Crippen LogP contribution in [0.1, 0.15) is 38.4 Å². The Kier molecular flexibility index (Phi) is 4.52. The number of aromatic nitrogens is 2. The van der Waals surface area contributed by atoms with Crippen molar-refractivity contribution < 1.29 is 17.7 Å². The van der Waals surface area contributed by atoms with Crippen LogP contribution in [0.3, 0.4) is 0 Å². The molecule has 1 aromatic heterocycles. The lowest BCUT2D eigenvalue weighted by atomic mass is 9.80. The molecular weight excluding hydrogens is 346 g/mol. The van der Waals surface area contributed by atoms with Gasteiger partial charge in [-0.15, -0.1) is 0 Å². The molecule has 2 N–H and O–H groups in total. The Labute approximate surface area is 147 Å². The Morgan fingerprint density at radius 1 is 1.44 bits per heavy atom. The van der Waals surface area contributed by atoms with Crippen molar-refractivity contribution in [3.63, 3.8) is 0 Å². The van der Waals surface area contributed by atoms with Gasteiger partial charge < -0.3 is 15.2 Å². The van der Waals surface area contributed by atoms with Crippen molar-refractivity contribution in [1.82, 2.24) is 25.1 Å². The van der Waals surface area contributed by atoms with E-state index in [1.807, 2.05) is 13.8 Å². The van der Waals surface area contributed by atoms with Crippen LogP contribution in [0.2, 0.25) is 0 Å². The Bertz CT molecular complexity index is 762. The first-order valence-electron chi connectivity index (χ1n) is 8.43. The van der Waals surface area contributed by atoms with Gasteiger partial charge in [0.15, 0.2) is 5.82 Å². The van der Waals surface area contributed by atoms with Gasteiger partial charge in [-0.3, -0.25) is 0 Å². The molecule has 10 heteroatoms. The minimum atomic E-state index is -3.30. The highest BCUT2D eigenvalue weighted by Gasteiger charge is 2.58. The van der Waals surface area contributed by atoms with Gasteiger partial charge in [0.2, 0.25) is 15.9 Å². The molecule has 1 aromatic rings. The summed E-state index contributed by atoms with van der Waals surface area (Å²) >= 11 is 0. The summed E-state index contributed by atoms with van der Waals surface area (Å²) < 4.78 is 30.9. The maximum Gasteiger partial charge on any atom is 0.315 e. The molecule has 2 fully saturated rings. The molecule has 0 unspecified atom stereocenters. The highest BCUT2D eigenvalue weighted by atomic mass is 32.2. The monoisotopic (exact) mass is 371 g/mol. The molecule has 9 nitrogen and oxygen atoms in total. The molecule has 0 spiro atoms.